The average Bonchev–Trinajstić information content (AvgIpc) is 3.14. The summed E-state index contributed by atoms with van der Waals surface area (Å²) in [7, 11) is 3.18. The molecule has 0 radical (unpaired) electrons. The highest BCUT2D eigenvalue weighted by Gasteiger charge is 2.27. The van der Waals surface area contributed by atoms with Crippen LogP contribution in [0.1, 0.15) is 41.6 Å². The number of furan rings is 1. The van der Waals surface area contributed by atoms with Gasteiger partial charge in [0.15, 0.2) is 17.3 Å². The van der Waals surface area contributed by atoms with Gasteiger partial charge in [-0.25, -0.2) is 0 Å². The summed E-state index contributed by atoms with van der Waals surface area (Å²) < 4.78 is 16.4. The van der Waals surface area contributed by atoms with E-state index in [0.717, 1.165) is 50.4 Å². The highest BCUT2D eigenvalue weighted by molar-refractivity contribution is 5.98. The van der Waals surface area contributed by atoms with Crippen LogP contribution < -0.4 is 9.47 Å². The topological polar surface area (TPSA) is 51.9 Å². The maximum atomic E-state index is 13.0. The number of hydrogen-bond acceptors (Lipinski definition) is 5. The van der Waals surface area contributed by atoms with E-state index < -0.39 is 0 Å². The molecule has 5 nitrogen and oxygen atoms in total. The number of ketones is 1. The van der Waals surface area contributed by atoms with Crippen LogP contribution >= 0.6 is 0 Å². The number of Topliss-reactive ketones (excluding diaryl/α,β-unsaturated/α-hetero) is 1. The summed E-state index contributed by atoms with van der Waals surface area (Å²) in [5, 5.41) is 0. The van der Waals surface area contributed by atoms with Crippen molar-refractivity contribution in [3.63, 3.8) is 0 Å². The van der Waals surface area contributed by atoms with E-state index in [0.29, 0.717) is 17.1 Å². The Hall–Kier alpha value is -2.27. The molecular weight excluding hydrogens is 330 g/mol. The number of ether oxygens (including phenoxy) is 2. The van der Waals surface area contributed by atoms with Crippen molar-refractivity contribution in [3.8, 4) is 11.5 Å². The SMILES string of the molecule is CCc1ccc(CN2CCC[C@H](C(=O)c3ccc(OC)c(OC)c3)C2)o1. The third-order valence-electron chi connectivity index (χ3n) is 4.99. The van der Waals surface area contributed by atoms with Gasteiger partial charge in [-0.05, 0) is 49.7 Å². The number of nitrogens with zero attached hydrogens (tertiary/aromatic N) is 1. The monoisotopic (exact) mass is 357 g/mol. The summed E-state index contributed by atoms with van der Waals surface area (Å²) >= 11 is 0. The molecule has 1 aromatic carbocycles. The second-order valence-electron chi connectivity index (χ2n) is 6.73. The van der Waals surface area contributed by atoms with Crippen LogP contribution in [-0.4, -0.2) is 38.0 Å². The molecule has 0 spiro atoms. The number of likely N-dealkylation sites (tertiary alicyclic amines) is 1. The number of rotatable bonds is 7. The predicted molar refractivity (Wildman–Crippen MR) is 100.0 cm³/mol. The molecule has 0 unspecified atom stereocenters. The van der Waals surface area contributed by atoms with E-state index in [4.69, 9.17) is 13.9 Å². The average molecular weight is 357 g/mol. The van der Waals surface area contributed by atoms with Gasteiger partial charge in [0.25, 0.3) is 0 Å². The van der Waals surface area contributed by atoms with E-state index in [2.05, 4.69) is 11.8 Å². The van der Waals surface area contributed by atoms with E-state index in [9.17, 15) is 4.79 Å². The Kier molecular flexibility index (Phi) is 5.99. The molecule has 2 aromatic rings. The Morgan fingerprint density at radius 2 is 1.92 bits per heavy atom. The fourth-order valence-corrected chi connectivity index (χ4v) is 3.56. The number of piperidine rings is 1. The molecule has 0 aliphatic carbocycles. The van der Waals surface area contributed by atoms with Crippen molar-refractivity contribution in [1.29, 1.82) is 0 Å². The maximum Gasteiger partial charge on any atom is 0.167 e. The molecule has 2 heterocycles. The van der Waals surface area contributed by atoms with Crippen LogP contribution in [-0.2, 0) is 13.0 Å². The summed E-state index contributed by atoms with van der Waals surface area (Å²) in [5.41, 5.74) is 0.681. The lowest BCUT2D eigenvalue weighted by Gasteiger charge is -2.31. The number of aryl methyl sites for hydroxylation is 1. The minimum atomic E-state index is 0.00228. The van der Waals surface area contributed by atoms with Gasteiger partial charge in [0, 0.05) is 24.4 Å². The van der Waals surface area contributed by atoms with Gasteiger partial charge in [-0.1, -0.05) is 6.92 Å². The lowest BCUT2D eigenvalue weighted by molar-refractivity contribution is 0.0802. The lowest BCUT2D eigenvalue weighted by Crippen LogP contribution is -2.38. The molecule has 26 heavy (non-hydrogen) atoms. The highest BCUT2D eigenvalue weighted by Crippen LogP contribution is 2.30. The van der Waals surface area contributed by atoms with Crippen LogP contribution in [0.3, 0.4) is 0 Å². The summed E-state index contributed by atoms with van der Waals surface area (Å²) in [6.45, 7) is 4.60. The van der Waals surface area contributed by atoms with Crippen molar-refractivity contribution < 1.29 is 18.7 Å². The number of carbonyl (C=O) groups is 1. The van der Waals surface area contributed by atoms with E-state index in [1.165, 1.54) is 0 Å². The highest BCUT2D eigenvalue weighted by atomic mass is 16.5. The van der Waals surface area contributed by atoms with Crippen molar-refractivity contribution in [3.05, 3.63) is 47.4 Å². The zero-order chi connectivity index (χ0) is 18.5. The first kappa shape index (κ1) is 18.5. The molecule has 0 saturated carbocycles. The molecule has 0 bridgehead atoms. The molecule has 1 atom stereocenters. The fourth-order valence-electron chi connectivity index (χ4n) is 3.56. The predicted octanol–water partition coefficient (Wildman–Crippen LogP) is 3.95. The molecule has 1 aromatic heterocycles. The number of hydrogen-bond donors (Lipinski definition) is 0. The van der Waals surface area contributed by atoms with E-state index in [1.54, 1.807) is 26.4 Å². The van der Waals surface area contributed by atoms with E-state index >= 15 is 0 Å². The van der Waals surface area contributed by atoms with E-state index in [-0.39, 0.29) is 11.7 Å². The smallest absolute Gasteiger partial charge is 0.167 e. The molecule has 1 fully saturated rings. The van der Waals surface area contributed by atoms with Gasteiger partial charge in [-0.2, -0.15) is 0 Å². The quantitative estimate of drug-likeness (QED) is 0.702. The molecule has 1 aliphatic heterocycles. The zero-order valence-corrected chi connectivity index (χ0v) is 15.8. The van der Waals surface area contributed by atoms with Crippen molar-refractivity contribution in [2.24, 2.45) is 5.92 Å². The second-order valence-corrected chi connectivity index (χ2v) is 6.73. The Bertz CT molecular complexity index is 752. The molecular formula is C21H27NO4. The summed E-state index contributed by atoms with van der Waals surface area (Å²) in [6, 6.07) is 9.47. The number of carbonyl (C=O) groups excluding carboxylic acids is 1. The van der Waals surface area contributed by atoms with Crippen LogP contribution in [0.15, 0.2) is 34.7 Å². The van der Waals surface area contributed by atoms with Gasteiger partial charge >= 0.3 is 0 Å². The molecule has 0 amide bonds. The zero-order valence-electron chi connectivity index (χ0n) is 15.8. The van der Waals surface area contributed by atoms with Crippen molar-refractivity contribution in [2.75, 3.05) is 27.3 Å². The Morgan fingerprint density at radius 1 is 1.15 bits per heavy atom. The molecule has 1 aliphatic rings. The van der Waals surface area contributed by atoms with Crippen LogP contribution in [0.2, 0.25) is 0 Å². The van der Waals surface area contributed by atoms with Crippen LogP contribution in [0.5, 0.6) is 11.5 Å². The van der Waals surface area contributed by atoms with Crippen molar-refractivity contribution in [1.82, 2.24) is 4.90 Å². The summed E-state index contributed by atoms with van der Waals surface area (Å²) in [6.07, 6.45) is 2.84. The second kappa shape index (κ2) is 8.41. The lowest BCUT2D eigenvalue weighted by atomic mass is 9.90. The Balaban J connectivity index is 1.67. The first-order valence-corrected chi connectivity index (χ1v) is 9.20. The van der Waals surface area contributed by atoms with Gasteiger partial charge in [-0.3, -0.25) is 9.69 Å². The van der Waals surface area contributed by atoms with Crippen molar-refractivity contribution in [2.45, 2.75) is 32.7 Å². The van der Waals surface area contributed by atoms with Crippen LogP contribution in [0.4, 0.5) is 0 Å². The summed E-state index contributed by atoms with van der Waals surface area (Å²) in [5.74, 6) is 3.38. The minimum Gasteiger partial charge on any atom is -0.493 e. The first-order chi connectivity index (χ1) is 12.6. The molecule has 1 saturated heterocycles. The van der Waals surface area contributed by atoms with Crippen molar-refractivity contribution >= 4 is 5.78 Å². The normalized spacial score (nSPS) is 17.9. The van der Waals surface area contributed by atoms with Gasteiger partial charge in [0.1, 0.15) is 11.5 Å². The Labute approximate surface area is 154 Å². The number of methoxy groups -OCH3 is 2. The van der Waals surface area contributed by atoms with E-state index in [1.807, 2.05) is 18.2 Å². The third kappa shape index (κ3) is 4.10. The molecule has 0 N–H and O–H groups in total. The summed E-state index contributed by atoms with van der Waals surface area (Å²) in [4.78, 5) is 15.3. The largest absolute Gasteiger partial charge is 0.493 e. The third-order valence-corrected chi connectivity index (χ3v) is 4.99. The van der Waals surface area contributed by atoms with Gasteiger partial charge in [-0.15, -0.1) is 0 Å². The first-order valence-electron chi connectivity index (χ1n) is 9.20. The van der Waals surface area contributed by atoms with Gasteiger partial charge in [0.2, 0.25) is 0 Å². The fraction of sp³-hybridized carbons (Fsp3) is 0.476. The van der Waals surface area contributed by atoms with Gasteiger partial charge < -0.3 is 13.9 Å². The molecule has 140 valence electrons. The standard InChI is InChI=1S/C21H27NO4/c1-4-17-8-9-18(26-17)14-22-11-5-6-16(13-22)21(23)15-7-10-19(24-2)20(12-15)25-3/h7-10,12,16H,4-6,11,13-14H2,1-3H3/t16-/m0/s1. The number of benzene rings is 1. The van der Waals surface area contributed by atoms with Crippen LogP contribution in [0, 0.1) is 5.92 Å². The minimum absolute atomic E-state index is 0.00228. The molecule has 3 rings (SSSR count). The maximum absolute atomic E-state index is 13.0. The van der Waals surface area contributed by atoms with Gasteiger partial charge in [0.05, 0.1) is 20.8 Å². The van der Waals surface area contributed by atoms with Crippen LogP contribution in [0.25, 0.3) is 0 Å². The Morgan fingerprint density at radius 3 is 2.62 bits per heavy atom. The molecule has 5 heteroatoms.